The van der Waals surface area contributed by atoms with Crippen molar-refractivity contribution in [2.75, 3.05) is 20.1 Å². The van der Waals surface area contributed by atoms with E-state index in [2.05, 4.69) is 0 Å². The van der Waals surface area contributed by atoms with Crippen molar-refractivity contribution in [1.82, 2.24) is 4.90 Å². The molecule has 0 radical (unpaired) electrons. The normalized spacial score (nSPS) is 17.1. The molecule has 0 atom stereocenters. The van der Waals surface area contributed by atoms with Crippen molar-refractivity contribution in [3.8, 4) is 0 Å². The molecule has 114 valence electrons. The van der Waals surface area contributed by atoms with Gasteiger partial charge in [0, 0.05) is 24.2 Å². The van der Waals surface area contributed by atoms with Crippen LogP contribution in [-0.2, 0) is 0 Å². The lowest BCUT2D eigenvalue weighted by molar-refractivity contribution is -0.384. The molecule has 6 heteroatoms. The van der Waals surface area contributed by atoms with Crippen LogP contribution in [0.1, 0.15) is 36.0 Å². The van der Waals surface area contributed by atoms with Gasteiger partial charge in [0.2, 0.25) is 0 Å². The molecule has 0 unspecified atom stereocenters. The second-order valence-corrected chi connectivity index (χ2v) is 5.83. The van der Waals surface area contributed by atoms with E-state index in [0.717, 1.165) is 25.7 Å². The Labute approximate surface area is 123 Å². The zero-order valence-electron chi connectivity index (χ0n) is 12.1. The zero-order valence-corrected chi connectivity index (χ0v) is 12.1. The molecule has 1 aliphatic rings. The average molecular weight is 292 g/mol. The van der Waals surface area contributed by atoms with E-state index in [1.807, 2.05) is 0 Å². The lowest BCUT2D eigenvalue weighted by atomic mass is 10.0. The number of ketones is 1. The molecule has 2 rings (SSSR count). The summed E-state index contributed by atoms with van der Waals surface area (Å²) < 4.78 is 0. The summed E-state index contributed by atoms with van der Waals surface area (Å²) in [6.07, 6.45) is 3.57. The monoisotopic (exact) mass is 292 g/mol. The summed E-state index contributed by atoms with van der Waals surface area (Å²) in [5.74, 6) is -0.178. The number of likely N-dealkylation sites (N-methyl/N-ethyl adjacent to an activating group) is 1. The molecular weight excluding hydrogens is 272 g/mol. The molecule has 0 spiro atoms. The smallest absolute Gasteiger partial charge is 0.270 e. The molecule has 1 saturated carbocycles. The largest absolute Gasteiger partial charge is 0.389 e. The highest BCUT2D eigenvalue weighted by Gasteiger charge is 2.32. The molecule has 1 fully saturated rings. The number of nitrogens with zero attached hydrogens (tertiary/aromatic N) is 2. The minimum Gasteiger partial charge on any atom is -0.389 e. The minimum absolute atomic E-state index is 0.0853. The average Bonchev–Trinajstić information content (AvgIpc) is 2.84. The Hall–Kier alpha value is -1.79. The van der Waals surface area contributed by atoms with Crippen LogP contribution < -0.4 is 0 Å². The number of carbonyl (C=O) groups excluding carboxylic acids is 1. The zero-order chi connectivity index (χ0) is 15.5. The number of hydrogen-bond acceptors (Lipinski definition) is 5. The molecule has 6 nitrogen and oxygen atoms in total. The maximum Gasteiger partial charge on any atom is 0.270 e. The second kappa shape index (κ2) is 6.32. The van der Waals surface area contributed by atoms with Gasteiger partial charge >= 0.3 is 0 Å². The fourth-order valence-electron chi connectivity index (χ4n) is 2.88. The summed E-state index contributed by atoms with van der Waals surface area (Å²) in [5.41, 5.74) is -0.454. The van der Waals surface area contributed by atoms with Gasteiger partial charge < -0.3 is 5.11 Å². The number of hydrogen-bond donors (Lipinski definition) is 1. The first-order valence-corrected chi connectivity index (χ1v) is 7.08. The third-order valence-electron chi connectivity index (χ3n) is 3.89. The highest BCUT2D eigenvalue weighted by atomic mass is 16.6. The lowest BCUT2D eigenvalue weighted by Crippen LogP contribution is -2.41. The maximum absolute atomic E-state index is 12.2. The number of Topliss-reactive ketones (excluding diaryl/α,β-unsaturated/α-hetero) is 1. The number of nitro groups is 1. The van der Waals surface area contributed by atoms with Gasteiger partial charge in [0.1, 0.15) is 0 Å². The third-order valence-corrected chi connectivity index (χ3v) is 3.89. The standard InChI is InChI=1S/C15H20N2O4/c1-16(11-15(19)7-2-3-8-15)10-14(18)12-5-4-6-13(9-12)17(20)21/h4-6,9,19H,2-3,7-8,10-11H2,1H3. The SMILES string of the molecule is CN(CC(=O)c1cccc([N+](=O)[O-])c1)CC1(O)CCCC1. The molecule has 1 aromatic rings. The topological polar surface area (TPSA) is 83.7 Å². The molecule has 0 heterocycles. The Kier molecular flexibility index (Phi) is 4.69. The second-order valence-electron chi connectivity index (χ2n) is 5.83. The van der Waals surface area contributed by atoms with Crippen molar-refractivity contribution in [3.63, 3.8) is 0 Å². The number of carbonyl (C=O) groups is 1. The predicted molar refractivity (Wildman–Crippen MR) is 78.3 cm³/mol. The van der Waals surface area contributed by atoms with Crippen LogP contribution in [0.5, 0.6) is 0 Å². The number of nitro benzene ring substituents is 1. The van der Waals surface area contributed by atoms with Crippen LogP contribution in [-0.4, -0.2) is 46.5 Å². The Bertz CT molecular complexity index is 538. The van der Waals surface area contributed by atoms with Crippen molar-refractivity contribution in [1.29, 1.82) is 0 Å². The number of rotatable bonds is 6. The van der Waals surface area contributed by atoms with E-state index in [4.69, 9.17) is 0 Å². The van der Waals surface area contributed by atoms with Gasteiger partial charge in [-0.05, 0) is 19.9 Å². The van der Waals surface area contributed by atoms with Crippen LogP contribution in [0, 0.1) is 10.1 Å². The van der Waals surface area contributed by atoms with Gasteiger partial charge in [-0.25, -0.2) is 0 Å². The highest BCUT2D eigenvalue weighted by Crippen LogP contribution is 2.29. The van der Waals surface area contributed by atoms with E-state index < -0.39 is 10.5 Å². The molecule has 0 bridgehead atoms. The summed E-state index contributed by atoms with van der Waals surface area (Å²) in [4.78, 5) is 24.2. The third kappa shape index (κ3) is 4.09. The molecule has 1 aliphatic carbocycles. The Balaban J connectivity index is 1.97. The Morgan fingerprint density at radius 1 is 1.43 bits per heavy atom. The molecule has 0 saturated heterocycles. The van der Waals surface area contributed by atoms with E-state index in [1.54, 1.807) is 18.0 Å². The maximum atomic E-state index is 12.2. The first kappa shape index (κ1) is 15.6. The molecule has 0 aliphatic heterocycles. The Morgan fingerprint density at radius 3 is 2.71 bits per heavy atom. The summed E-state index contributed by atoms with van der Waals surface area (Å²) >= 11 is 0. The molecular formula is C15H20N2O4. The van der Waals surface area contributed by atoms with Gasteiger partial charge in [0.25, 0.3) is 5.69 Å². The van der Waals surface area contributed by atoms with E-state index in [1.165, 1.54) is 18.2 Å². The van der Waals surface area contributed by atoms with Gasteiger partial charge in [-0.2, -0.15) is 0 Å². The van der Waals surface area contributed by atoms with Crippen molar-refractivity contribution < 1.29 is 14.8 Å². The Morgan fingerprint density at radius 2 is 2.10 bits per heavy atom. The summed E-state index contributed by atoms with van der Waals surface area (Å²) in [6, 6.07) is 5.74. The van der Waals surface area contributed by atoms with Gasteiger partial charge in [0.15, 0.2) is 5.78 Å². The number of benzene rings is 1. The number of non-ortho nitro benzene ring substituents is 1. The predicted octanol–water partition coefficient (Wildman–Crippen LogP) is 2.01. The van der Waals surface area contributed by atoms with Gasteiger partial charge in [-0.15, -0.1) is 0 Å². The van der Waals surface area contributed by atoms with Crippen LogP contribution in [0.2, 0.25) is 0 Å². The quantitative estimate of drug-likeness (QED) is 0.492. The summed E-state index contributed by atoms with van der Waals surface area (Å²) in [5, 5.41) is 21.0. The van der Waals surface area contributed by atoms with Crippen LogP contribution >= 0.6 is 0 Å². The van der Waals surface area contributed by atoms with Gasteiger partial charge in [-0.1, -0.05) is 25.0 Å². The fourth-order valence-corrected chi connectivity index (χ4v) is 2.88. The van der Waals surface area contributed by atoms with Crippen LogP contribution in [0.3, 0.4) is 0 Å². The molecule has 21 heavy (non-hydrogen) atoms. The van der Waals surface area contributed by atoms with E-state index >= 15 is 0 Å². The van der Waals surface area contributed by atoms with Gasteiger partial charge in [0.05, 0.1) is 17.1 Å². The first-order chi connectivity index (χ1) is 9.89. The van der Waals surface area contributed by atoms with E-state index in [0.29, 0.717) is 12.1 Å². The van der Waals surface area contributed by atoms with Crippen molar-refractivity contribution >= 4 is 11.5 Å². The first-order valence-electron chi connectivity index (χ1n) is 7.08. The molecule has 0 aromatic heterocycles. The van der Waals surface area contributed by atoms with Crippen molar-refractivity contribution in [3.05, 3.63) is 39.9 Å². The molecule has 1 aromatic carbocycles. The number of aliphatic hydroxyl groups is 1. The molecule has 1 N–H and O–H groups in total. The fraction of sp³-hybridized carbons (Fsp3) is 0.533. The minimum atomic E-state index is -0.697. The van der Waals surface area contributed by atoms with Crippen LogP contribution in [0.4, 0.5) is 5.69 Å². The van der Waals surface area contributed by atoms with E-state index in [-0.39, 0.29) is 18.0 Å². The summed E-state index contributed by atoms with van der Waals surface area (Å²) in [7, 11) is 1.78. The van der Waals surface area contributed by atoms with Crippen molar-refractivity contribution in [2.45, 2.75) is 31.3 Å². The van der Waals surface area contributed by atoms with E-state index in [9.17, 15) is 20.0 Å². The molecule has 0 amide bonds. The lowest BCUT2D eigenvalue weighted by Gasteiger charge is -2.28. The van der Waals surface area contributed by atoms with Crippen LogP contribution in [0.15, 0.2) is 24.3 Å². The van der Waals surface area contributed by atoms with Crippen molar-refractivity contribution in [2.24, 2.45) is 0 Å². The summed E-state index contributed by atoms with van der Waals surface area (Å²) in [6.45, 7) is 0.594. The van der Waals surface area contributed by atoms with Gasteiger partial charge in [-0.3, -0.25) is 19.8 Å². The van der Waals surface area contributed by atoms with Crippen LogP contribution in [0.25, 0.3) is 0 Å². The highest BCUT2D eigenvalue weighted by molar-refractivity contribution is 5.98.